The summed E-state index contributed by atoms with van der Waals surface area (Å²) in [4.78, 5) is 4.67. The smallest absolute Gasteiger partial charge is 0.188 e. The Hall–Kier alpha value is -2.49. The van der Waals surface area contributed by atoms with Crippen molar-refractivity contribution in [2.24, 2.45) is 4.99 Å². The Labute approximate surface area is 142 Å². The van der Waals surface area contributed by atoms with Gasteiger partial charge in [-0.05, 0) is 49.6 Å². The van der Waals surface area contributed by atoms with Crippen LogP contribution in [-0.2, 0) is 11.2 Å². The minimum Gasteiger partial charge on any atom is -0.507 e. The molecule has 0 saturated carbocycles. The van der Waals surface area contributed by atoms with Crippen LogP contribution in [0.5, 0.6) is 11.5 Å². The molecule has 2 aromatic rings. The minimum absolute atomic E-state index is 0.000449. The first-order valence-corrected chi connectivity index (χ1v) is 8.23. The van der Waals surface area contributed by atoms with E-state index in [1.807, 2.05) is 63.2 Å². The average Bonchev–Trinajstić information content (AvgIpc) is 2.91. The number of phenols is 1. The van der Waals surface area contributed by atoms with E-state index in [0.29, 0.717) is 18.8 Å². The van der Waals surface area contributed by atoms with Crippen LogP contribution in [0.3, 0.4) is 0 Å². The maximum Gasteiger partial charge on any atom is 0.188 e. The standard InChI is InChI=1S/C20H23NO3/c1-13-9-16(10-14(2)20(13)22)11-19-21-18(15(3)24-19)12-23-17-7-5-4-6-8-17/h4-10,15,18,22H,11-12H2,1-3H3. The fourth-order valence-electron chi connectivity index (χ4n) is 2.89. The average molecular weight is 325 g/mol. The van der Waals surface area contributed by atoms with E-state index in [0.717, 1.165) is 28.3 Å². The summed E-state index contributed by atoms with van der Waals surface area (Å²) in [5, 5.41) is 9.88. The van der Waals surface area contributed by atoms with Crippen LogP contribution >= 0.6 is 0 Å². The molecule has 0 fully saturated rings. The van der Waals surface area contributed by atoms with E-state index in [2.05, 4.69) is 4.99 Å². The third-order valence-electron chi connectivity index (χ3n) is 4.24. The molecule has 3 rings (SSSR count). The topological polar surface area (TPSA) is 51.0 Å². The first-order valence-electron chi connectivity index (χ1n) is 8.23. The Morgan fingerprint density at radius 1 is 1.12 bits per heavy atom. The summed E-state index contributed by atoms with van der Waals surface area (Å²) < 4.78 is 11.7. The molecule has 1 N–H and O–H groups in total. The number of rotatable bonds is 5. The number of aromatic hydroxyl groups is 1. The first-order chi connectivity index (χ1) is 11.5. The van der Waals surface area contributed by atoms with Gasteiger partial charge in [-0.3, -0.25) is 0 Å². The molecule has 0 saturated heterocycles. The Balaban J connectivity index is 1.65. The van der Waals surface area contributed by atoms with Crippen molar-refractivity contribution < 1.29 is 14.6 Å². The van der Waals surface area contributed by atoms with E-state index in [9.17, 15) is 5.11 Å². The fourth-order valence-corrected chi connectivity index (χ4v) is 2.89. The number of aryl methyl sites for hydroxylation is 2. The lowest BCUT2D eigenvalue weighted by molar-refractivity contribution is 0.171. The molecule has 126 valence electrons. The molecule has 1 aliphatic heterocycles. The Morgan fingerprint density at radius 3 is 2.46 bits per heavy atom. The van der Waals surface area contributed by atoms with Gasteiger partial charge in [0.2, 0.25) is 0 Å². The molecule has 2 unspecified atom stereocenters. The zero-order chi connectivity index (χ0) is 17.1. The van der Waals surface area contributed by atoms with Crippen LogP contribution in [0.25, 0.3) is 0 Å². The minimum atomic E-state index is -0.000449. The van der Waals surface area contributed by atoms with Crippen molar-refractivity contribution in [2.75, 3.05) is 6.61 Å². The van der Waals surface area contributed by atoms with E-state index in [1.165, 1.54) is 0 Å². The van der Waals surface area contributed by atoms with Gasteiger partial charge in [0.1, 0.15) is 30.3 Å². The quantitative estimate of drug-likeness (QED) is 0.909. The largest absolute Gasteiger partial charge is 0.507 e. The van der Waals surface area contributed by atoms with Crippen LogP contribution in [0.15, 0.2) is 47.5 Å². The summed E-state index contributed by atoms with van der Waals surface area (Å²) in [7, 11) is 0. The number of phenolic OH excluding ortho intramolecular Hbond substituents is 1. The zero-order valence-corrected chi connectivity index (χ0v) is 14.3. The molecular weight excluding hydrogens is 302 g/mol. The number of ether oxygens (including phenoxy) is 2. The normalized spacial score (nSPS) is 19.7. The van der Waals surface area contributed by atoms with Crippen LogP contribution < -0.4 is 4.74 Å². The summed E-state index contributed by atoms with van der Waals surface area (Å²) in [6, 6.07) is 13.7. The van der Waals surface area contributed by atoms with E-state index in [1.54, 1.807) is 0 Å². The van der Waals surface area contributed by atoms with E-state index >= 15 is 0 Å². The molecule has 0 amide bonds. The molecule has 1 aliphatic rings. The Morgan fingerprint density at radius 2 is 1.79 bits per heavy atom. The second-order valence-corrected chi connectivity index (χ2v) is 6.29. The van der Waals surface area contributed by atoms with Crippen molar-refractivity contribution in [1.82, 2.24) is 0 Å². The highest BCUT2D eigenvalue weighted by Crippen LogP contribution is 2.25. The number of hydrogen-bond acceptors (Lipinski definition) is 4. The van der Waals surface area contributed by atoms with Gasteiger partial charge in [-0.15, -0.1) is 0 Å². The van der Waals surface area contributed by atoms with Crippen LogP contribution in [0.1, 0.15) is 23.6 Å². The van der Waals surface area contributed by atoms with Crippen molar-refractivity contribution in [3.8, 4) is 11.5 Å². The predicted molar refractivity (Wildman–Crippen MR) is 95.0 cm³/mol. The Bertz CT molecular complexity index is 717. The summed E-state index contributed by atoms with van der Waals surface area (Å²) in [6.07, 6.45) is 0.636. The van der Waals surface area contributed by atoms with Crippen LogP contribution in [0, 0.1) is 13.8 Å². The van der Waals surface area contributed by atoms with Gasteiger partial charge in [0.25, 0.3) is 0 Å². The van der Waals surface area contributed by atoms with Gasteiger partial charge in [0, 0.05) is 6.42 Å². The second kappa shape index (κ2) is 6.95. The highest BCUT2D eigenvalue weighted by molar-refractivity contribution is 5.80. The first kappa shape index (κ1) is 16.4. The van der Waals surface area contributed by atoms with E-state index < -0.39 is 0 Å². The molecular formula is C20H23NO3. The molecule has 0 bridgehead atoms. The molecule has 2 aromatic carbocycles. The lowest BCUT2D eigenvalue weighted by Gasteiger charge is -2.13. The van der Waals surface area contributed by atoms with E-state index in [-0.39, 0.29) is 12.1 Å². The molecule has 0 aliphatic carbocycles. The van der Waals surface area contributed by atoms with Crippen molar-refractivity contribution in [3.05, 3.63) is 59.2 Å². The molecule has 0 spiro atoms. The number of hydrogen-bond donors (Lipinski definition) is 1. The van der Waals surface area contributed by atoms with Gasteiger partial charge >= 0.3 is 0 Å². The highest BCUT2D eigenvalue weighted by atomic mass is 16.5. The molecule has 24 heavy (non-hydrogen) atoms. The van der Waals surface area contributed by atoms with Gasteiger partial charge < -0.3 is 14.6 Å². The summed E-state index contributed by atoms with van der Waals surface area (Å²) in [5.74, 6) is 1.93. The predicted octanol–water partition coefficient (Wildman–Crippen LogP) is 3.82. The van der Waals surface area contributed by atoms with Gasteiger partial charge in [-0.2, -0.15) is 0 Å². The molecule has 1 heterocycles. The SMILES string of the molecule is Cc1cc(CC2=NC(COc3ccccc3)C(C)O2)cc(C)c1O. The van der Waals surface area contributed by atoms with Gasteiger partial charge in [-0.25, -0.2) is 4.99 Å². The number of nitrogens with zero attached hydrogens (tertiary/aromatic N) is 1. The Kier molecular flexibility index (Phi) is 4.74. The maximum absolute atomic E-state index is 9.88. The van der Waals surface area contributed by atoms with Gasteiger partial charge in [0.15, 0.2) is 5.90 Å². The molecule has 0 radical (unpaired) electrons. The van der Waals surface area contributed by atoms with Crippen molar-refractivity contribution in [3.63, 3.8) is 0 Å². The third kappa shape index (κ3) is 3.70. The zero-order valence-electron chi connectivity index (χ0n) is 14.3. The lowest BCUT2D eigenvalue weighted by Crippen LogP contribution is -2.25. The maximum atomic E-state index is 9.88. The van der Waals surface area contributed by atoms with Crippen LogP contribution in [-0.4, -0.2) is 29.8 Å². The lowest BCUT2D eigenvalue weighted by atomic mass is 10.0. The summed E-state index contributed by atoms with van der Waals surface area (Å²) >= 11 is 0. The number of para-hydroxylation sites is 1. The summed E-state index contributed by atoms with van der Waals surface area (Å²) in [5.41, 5.74) is 2.85. The molecule has 0 aromatic heterocycles. The molecule has 4 nitrogen and oxygen atoms in total. The summed E-state index contributed by atoms with van der Waals surface area (Å²) in [6.45, 7) is 6.33. The van der Waals surface area contributed by atoms with E-state index in [4.69, 9.17) is 9.47 Å². The molecule has 2 atom stereocenters. The molecule has 4 heteroatoms. The number of benzene rings is 2. The van der Waals surface area contributed by atoms with Crippen molar-refractivity contribution in [2.45, 2.75) is 39.3 Å². The second-order valence-electron chi connectivity index (χ2n) is 6.29. The van der Waals surface area contributed by atoms with Crippen LogP contribution in [0.4, 0.5) is 0 Å². The fraction of sp³-hybridized carbons (Fsp3) is 0.350. The van der Waals surface area contributed by atoms with Gasteiger partial charge in [-0.1, -0.05) is 30.3 Å². The monoisotopic (exact) mass is 325 g/mol. The number of aliphatic imine (C=N–C) groups is 1. The highest BCUT2D eigenvalue weighted by Gasteiger charge is 2.27. The van der Waals surface area contributed by atoms with Crippen LogP contribution in [0.2, 0.25) is 0 Å². The van der Waals surface area contributed by atoms with Crippen molar-refractivity contribution in [1.29, 1.82) is 0 Å². The van der Waals surface area contributed by atoms with Crippen molar-refractivity contribution >= 4 is 5.90 Å². The van der Waals surface area contributed by atoms with Gasteiger partial charge in [0.05, 0.1) is 0 Å². The third-order valence-corrected chi connectivity index (χ3v) is 4.24.